The number of carbonyl (C=O) groups excluding carboxylic acids is 2. The minimum atomic E-state index is -0.911. The van der Waals surface area contributed by atoms with Crippen LogP contribution in [0.2, 0.25) is 0 Å². The highest BCUT2D eigenvalue weighted by molar-refractivity contribution is 7.10. The molecule has 0 aliphatic rings. The lowest BCUT2D eigenvalue weighted by Gasteiger charge is -2.28. The first kappa shape index (κ1) is 29.9. The molecule has 0 saturated carbocycles. The Morgan fingerprint density at radius 1 is 0.949 bits per heavy atom. The third-order valence-electron chi connectivity index (χ3n) is 6.13. The van der Waals surface area contributed by atoms with Gasteiger partial charge in [-0.2, -0.15) is 0 Å². The molecule has 2 aromatic carbocycles. The molecule has 39 heavy (non-hydrogen) atoms. The van der Waals surface area contributed by atoms with E-state index in [9.17, 15) is 18.4 Å². The van der Waals surface area contributed by atoms with Crippen LogP contribution in [0.4, 0.5) is 19.3 Å². The molecule has 0 aliphatic heterocycles. The average Bonchev–Trinajstić information content (AvgIpc) is 3.33. The SMILES string of the molecule is COCCN(CC(=O)N(CCc1ccc(OC)c(OC)c1)Cc1sccc1C)C(=O)Nc1ccc(F)cc1F. The maximum atomic E-state index is 14.1. The van der Waals surface area contributed by atoms with E-state index in [0.29, 0.717) is 37.1 Å². The first-order valence-corrected chi connectivity index (χ1v) is 13.1. The van der Waals surface area contributed by atoms with Crippen LogP contribution < -0.4 is 14.8 Å². The number of hydrogen-bond acceptors (Lipinski definition) is 6. The summed E-state index contributed by atoms with van der Waals surface area (Å²) >= 11 is 1.56. The van der Waals surface area contributed by atoms with Crippen LogP contribution in [-0.4, -0.2) is 69.3 Å². The fraction of sp³-hybridized carbons (Fsp3) is 0.357. The number of thiophene rings is 1. The average molecular weight is 562 g/mol. The third kappa shape index (κ3) is 8.39. The lowest BCUT2D eigenvalue weighted by molar-refractivity contribution is -0.132. The molecule has 11 heteroatoms. The Bertz CT molecular complexity index is 1270. The maximum Gasteiger partial charge on any atom is 0.322 e. The molecule has 3 rings (SSSR count). The second-order valence-corrected chi connectivity index (χ2v) is 9.75. The van der Waals surface area contributed by atoms with Crippen molar-refractivity contribution in [3.63, 3.8) is 0 Å². The van der Waals surface area contributed by atoms with Crippen molar-refractivity contribution in [3.05, 3.63) is 75.5 Å². The quantitative estimate of drug-likeness (QED) is 0.314. The second kappa shape index (κ2) is 14.5. The Balaban J connectivity index is 1.77. The topological polar surface area (TPSA) is 80.3 Å². The van der Waals surface area contributed by atoms with E-state index in [-0.39, 0.29) is 31.3 Å². The van der Waals surface area contributed by atoms with Gasteiger partial charge in [-0.05, 0) is 60.2 Å². The lowest BCUT2D eigenvalue weighted by atomic mass is 10.1. The van der Waals surface area contributed by atoms with E-state index in [1.165, 1.54) is 12.0 Å². The van der Waals surface area contributed by atoms with E-state index in [1.54, 1.807) is 30.5 Å². The van der Waals surface area contributed by atoms with Crippen LogP contribution in [0.25, 0.3) is 0 Å². The van der Waals surface area contributed by atoms with Crippen molar-refractivity contribution in [1.29, 1.82) is 0 Å². The number of carbonyl (C=O) groups is 2. The van der Waals surface area contributed by atoms with Gasteiger partial charge < -0.3 is 29.3 Å². The molecule has 0 unspecified atom stereocenters. The summed E-state index contributed by atoms with van der Waals surface area (Å²) in [5.41, 5.74) is 1.84. The van der Waals surface area contributed by atoms with Crippen molar-refractivity contribution in [1.82, 2.24) is 9.80 Å². The fourth-order valence-electron chi connectivity index (χ4n) is 3.83. The highest BCUT2D eigenvalue weighted by Crippen LogP contribution is 2.28. The van der Waals surface area contributed by atoms with Crippen LogP contribution in [0.5, 0.6) is 11.5 Å². The molecular formula is C28H33F2N3O5S. The van der Waals surface area contributed by atoms with Gasteiger partial charge in [-0.15, -0.1) is 11.3 Å². The highest BCUT2D eigenvalue weighted by atomic mass is 32.1. The second-order valence-electron chi connectivity index (χ2n) is 8.75. The van der Waals surface area contributed by atoms with Crippen LogP contribution in [0.15, 0.2) is 47.8 Å². The number of halogens is 2. The van der Waals surface area contributed by atoms with E-state index < -0.39 is 17.7 Å². The van der Waals surface area contributed by atoms with Crippen LogP contribution in [0.1, 0.15) is 16.0 Å². The van der Waals surface area contributed by atoms with Crippen molar-refractivity contribution in [3.8, 4) is 11.5 Å². The summed E-state index contributed by atoms with van der Waals surface area (Å²) in [4.78, 5) is 30.6. The van der Waals surface area contributed by atoms with Gasteiger partial charge in [0.25, 0.3) is 0 Å². The normalized spacial score (nSPS) is 10.7. The lowest BCUT2D eigenvalue weighted by Crippen LogP contribution is -2.46. The fourth-order valence-corrected chi connectivity index (χ4v) is 4.75. The molecule has 1 N–H and O–H groups in total. The zero-order chi connectivity index (χ0) is 28.4. The van der Waals surface area contributed by atoms with Gasteiger partial charge in [-0.1, -0.05) is 6.07 Å². The summed E-state index contributed by atoms with van der Waals surface area (Å²) in [7, 11) is 4.61. The number of urea groups is 1. The van der Waals surface area contributed by atoms with E-state index in [0.717, 1.165) is 28.1 Å². The molecule has 0 radical (unpaired) electrons. The van der Waals surface area contributed by atoms with Gasteiger partial charge in [-0.3, -0.25) is 4.79 Å². The number of methoxy groups -OCH3 is 3. The zero-order valence-electron chi connectivity index (χ0n) is 22.5. The summed E-state index contributed by atoms with van der Waals surface area (Å²) in [6.45, 7) is 2.76. The van der Waals surface area contributed by atoms with Crippen molar-refractivity contribution in [2.24, 2.45) is 0 Å². The molecular weight excluding hydrogens is 528 g/mol. The number of aryl methyl sites for hydroxylation is 1. The van der Waals surface area contributed by atoms with Crippen LogP contribution in [0.3, 0.4) is 0 Å². The van der Waals surface area contributed by atoms with Crippen molar-refractivity contribution >= 4 is 29.0 Å². The Kier molecular flexibility index (Phi) is 11.1. The smallest absolute Gasteiger partial charge is 0.322 e. The van der Waals surface area contributed by atoms with Gasteiger partial charge in [-0.25, -0.2) is 13.6 Å². The Labute approximate surface area is 231 Å². The number of amides is 3. The first-order chi connectivity index (χ1) is 18.7. The number of ether oxygens (including phenoxy) is 3. The number of anilines is 1. The highest BCUT2D eigenvalue weighted by Gasteiger charge is 2.23. The van der Waals surface area contributed by atoms with Gasteiger partial charge in [0.1, 0.15) is 18.2 Å². The predicted molar refractivity (Wildman–Crippen MR) is 147 cm³/mol. The molecule has 0 fully saturated rings. The minimum Gasteiger partial charge on any atom is -0.493 e. The Morgan fingerprint density at radius 3 is 2.36 bits per heavy atom. The summed E-state index contributed by atoms with van der Waals surface area (Å²) in [5, 5.41) is 4.39. The minimum absolute atomic E-state index is 0.0957. The van der Waals surface area contributed by atoms with Gasteiger partial charge in [0.05, 0.1) is 33.1 Å². The summed E-state index contributed by atoms with van der Waals surface area (Å²) < 4.78 is 43.2. The van der Waals surface area contributed by atoms with Gasteiger partial charge in [0.2, 0.25) is 5.91 Å². The number of hydrogen-bond donors (Lipinski definition) is 1. The molecule has 0 bridgehead atoms. The molecule has 0 saturated heterocycles. The third-order valence-corrected chi connectivity index (χ3v) is 7.13. The van der Waals surface area contributed by atoms with Crippen molar-refractivity contribution < 1.29 is 32.6 Å². The molecule has 3 aromatic rings. The Hall–Kier alpha value is -3.70. The van der Waals surface area contributed by atoms with E-state index in [4.69, 9.17) is 14.2 Å². The number of nitrogens with one attached hydrogen (secondary N) is 1. The van der Waals surface area contributed by atoms with Crippen LogP contribution in [0, 0.1) is 18.6 Å². The van der Waals surface area contributed by atoms with E-state index >= 15 is 0 Å². The monoisotopic (exact) mass is 561 g/mol. The molecule has 0 spiro atoms. The summed E-state index contributed by atoms with van der Waals surface area (Å²) in [6, 6.07) is 9.75. The van der Waals surface area contributed by atoms with Crippen molar-refractivity contribution in [2.45, 2.75) is 19.9 Å². The molecule has 1 aromatic heterocycles. The standard InChI is InChI=1S/C28H33F2N3O5S/c1-19-10-14-39-26(19)17-32(11-9-20-5-8-24(37-3)25(15-20)38-4)27(34)18-33(12-13-36-2)28(35)31-23-7-6-21(29)16-22(23)30/h5-8,10,14-16H,9,11-13,17-18H2,1-4H3,(H,31,35). The van der Waals surface area contributed by atoms with Gasteiger partial charge >= 0.3 is 6.03 Å². The van der Waals surface area contributed by atoms with Gasteiger partial charge in [0, 0.05) is 31.1 Å². The molecule has 0 aliphatic carbocycles. The largest absolute Gasteiger partial charge is 0.493 e. The molecule has 8 nitrogen and oxygen atoms in total. The summed E-state index contributed by atoms with van der Waals surface area (Å²) in [5.74, 6) is -0.746. The molecule has 3 amide bonds. The molecule has 0 atom stereocenters. The summed E-state index contributed by atoms with van der Waals surface area (Å²) in [6.07, 6.45) is 0.543. The van der Waals surface area contributed by atoms with E-state index in [1.807, 2.05) is 36.6 Å². The van der Waals surface area contributed by atoms with Crippen molar-refractivity contribution in [2.75, 3.05) is 52.9 Å². The van der Waals surface area contributed by atoms with Crippen LogP contribution in [-0.2, 0) is 22.5 Å². The predicted octanol–water partition coefficient (Wildman–Crippen LogP) is 5.10. The van der Waals surface area contributed by atoms with Gasteiger partial charge in [0.15, 0.2) is 11.5 Å². The molecule has 210 valence electrons. The van der Waals surface area contributed by atoms with Crippen LogP contribution >= 0.6 is 11.3 Å². The Morgan fingerprint density at radius 2 is 1.72 bits per heavy atom. The van der Waals surface area contributed by atoms with E-state index in [2.05, 4.69) is 5.32 Å². The zero-order valence-corrected chi connectivity index (χ0v) is 23.3. The number of rotatable bonds is 13. The first-order valence-electron chi connectivity index (χ1n) is 12.3. The maximum absolute atomic E-state index is 14.1. The number of nitrogens with zero attached hydrogens (tertiary/aromatic N) is 2. The number of benzene rings is 2. The molecule has 1 heterocycles.